The van der Waals surface area contributed by atoms with Crippen molar-refractivity contribution in [1.29, 1.82) is 5.41 Å². The van der Waals surface area contributed by atoms with Crippen LogP contribution in [-0.2, 0) is 7.05 Å². The molecule has 4 aromatic rings. The number of methoxy groups -OCH3 is 1. The Morgan fingerprint density at radius 1 is 1.21 bits per heavy atom. The standard InChI is InChI=1S/C23H21N7O3/c1-29-18-6-4-3-5-15(18)25-22(29)20-19(31)12-30(21(20)24)28-23(32)17-11-16(26-27-17)13-7-9-14(33-2)10-8-13/h3-11,24,31H,12H2,1-2H3,(H,26,27)(H,28,32). The molecule has 0 saturated carbocycles. The summed E-state index contributed by atoms with van der Waals surface area (Å²) in [6.07, 6.45) is 0. The van der Waals surface area contributed by atoms with E-state index < -0.39 is 5.91 Å². The number of amides is 1. The summed E-state index contributed by atoms with van der Waals surface area (Å²) >= 11 is 0. The lowest BCUT2D eigenvalue weighted by Gasteiger charge is -2.19. The largest absolute Gasteiger partial charge is 0.509 e. The van der Waals surface area contributed by atoms with E-state index in [2.05, 4.69) is 20.6 Å². The Morgan fingerprint density at radius 3 is 2.70 bits per heavy atom. The van der Waals surface area contributed by atoms with Crippen molar-refractivity contribution in [3.8, 4) is 17.0 Å². The summed E-state index contributed by atoms with van der Waals surface area (Å²) in [5.74, 6) is 0.616. The molecule has 2 aromatic heterocycles. The van der Waals surface area contributed by atoms with Crippen molar-refractivity contribution in [3.63, 3.8) is 0 Å². The van der Waals surface area contributed by atoms with Crippen LogP contribution in [0.5, 0.6) is 5.75 Å². The maximum Gasteiger partial charge on any atom is 0.287 e. The number of para-hydroxylation sites is 2. The van der Waals surface area contributed by atoms with E-state index in [1.54, 1.807) is 13.2 Å². The first-order valence-corrected chi connectivity index (χ1v) is 10.2. The van der Waals surface area contributed by atoms with Crippen LogP contribution in [0.4, 0.5) is 0 Å². The van der Waals surface area contributed by atoms with Gasteiger partial charge in [0.15, 0.2) is 5.84 Å². The summed E-state index contributed by atoms with van der Waals surface area (Å²) < 4.78 is 6.97. The number of nitrogens with one attached hydrogen (secondary N) is 3. The predicted octanol–water partition coefficient (Wildman–Crippen LogP) is 2.88. The lowest BCUT2D eigenvalue weighted by Crippen LogP contribution is -2.44. The van der Waals surface area contributed by atoms with Crippen LogP contribution >= 0.6 is 0 Å². The number of ether oxygens (including phenoxy) is 1. The molecule has 166 valence electrons. The van der Waals surface area contributed by atoms with Gasteiger partial charge in [-0.3, -0.25) is 25.7 Å². The Morgan fingerprint density at radius 2 is 1.97 bits per heavy atom. The van der Waals surface area contributed by atoms with Gasteiger partial charge in [-0.05, 0) is 42.5 Å². The molecule has 1 aliphatic rings. The highest BCUT2D eigenvalue weighted by atomic mass is 16.5. The van der Waals surface area contributed by atoms with Crippen LogP contribution < -0.4 is 10.2 Å². The van der Waals surface area contributed by atoms with Gasteiger partial charge in [0, 0.05) is 12.6 Å². The third kappa shape index (κ3) is 3.47. The fourth-order valence-electron chi connectivity index (χ4n) is 3.81. The number of fused-ring (bicyclic) bond motifs is 1. The summed E-state index contributed by atoms with van der Waals surface area (Å²) in [5.41, 5.74) is 6.21. The van der Waals surface area contributed by atoms with E-state index in [9.17, 15) is 9.90 Å². The van der Waals surface area contributed by atoms with Gasteiger partial charge >= 0.3 is 0 Å². The normalized spacial score (nSPS) is 13.8. The van der Waals surface area contributed by atoms with Crippen LogP contribution in [0.3, 0.4) is 0 Å². The molecule has 4 N–H and O–H groups in total. The number of carbonyl (C=O) groups is 1. The van der Waals surface area contributed by atoms with E-state index >= 15 is 0 Å². The summed E-state index contributed by atoms with van der Waals surface area (Å²) in [4.78, 5) is 17.3. The van der Waals surface area contributed by atoms with Gasteiger partial charge in [0.2, 0.25) is 0 Å². The number of hydrogen-bond acceptors (Lipinski definition) is 6. The first-order chi connectivity index (χ1) is 16.0. The first kappa shape index (κ1) is 20.3. The Kier molecular flexibility index (Phi) is 4.82. The summed E-state index contributed by atoms with van der Waals surface area (Å²) in [5, 5.41) is 27.3. The Labute approximate surface area is 188 Å². The molecule has 0 fully saturated rings. The maximum absolute atomic E-state index is 12.8. The Balaban J connectivity index is 1.33. The van der Waals surface area contributed by atoms with Crippen LogP contribution in [0, 0.1) is 5.41 Å². The number of aromatic amines is 1. The Bertz CT molecular complexity index is 1420. The minimum absolute atomic E-state index is 0.0391. The highest BCUT2D eigenvalue weighted by Crippen LogP contribution is 2.28. The van der Waals surface area contributed by atoms with Crippen molar-refractivity contribution in [3.05, 3.63) is 71.9 Å². The number of H-pyrrole nitrogens is 1. The van der Waals surface area contributed by atoms with Crippen LogP contribution in [0.25, 0.3) is 27.9 Å². The molecule has 0 spiro atoms. The second-order valence-electron chi connectivity index (χ2n) is 7.58. The number of aliphatic hydroxyl groups is 1. The quantitative estimate of drug-likeness (QED) is 0.375. The van der Waals surface area contributed by atoms with Crippen molar-refractivity contribution in [2.24, 2.45) is 7.05 Å². The van der Waals surface area contributed by atoms with Gasteiger partial charge in [-0.1, -0.05) is 12.1 Å². The summed E-state index contributed by atoms with van der Waals surface area (Å²) in [6, 6.07) is 16.5. The maximum atomic E-state index is 12.8. The van der Waals surface area contributed by atoms with E-state index in [0.29, 0.717) is 11.5 Å². The van der Waals surface area contributed by atoms with Gasteiger partial charge in [-0.25, -0.2) is 4.98 Å². The van der Waals surface area contributed by atoms with E-state index in [-0.39, 0.29) is 29.4 Å². The van der Waals surface area contributed by atoms with Gasteiger partial charge < -0.3 is 14.4 Å². The number of nitrogens with zero attached hydrogens (tertiary/aromatic N) is 4. The number of aryl methyl sites for hydroxylation is 1. The van der Waals surface area contributed by atoms with Gasteiger partial charge in [0.05, 0.1) is 30.4 Å². The summed E-state index contributed by atoms with van der Waals surface area (Å²) in [7, 11) is 3.42. The van der Waals surface area contributed by atoms with Gasteiger partial charge in [-0.15, -0.1) is 0 Å². The van der Waals surface area contributed by atoms with Crippen molar-refractivity contribution in [2.75, 3.05) is 13.7 Å². The molecule has 2 aromatic carbocycles. The fraction of sp³-hybridized carbons (Fsp3) is 0.130. The molecule has 3 heterocycles. The SMILES string of the molecule is COc1ccc(-c2cc(C(=O)NN3CC(O)=C(c4nc5ccccc5n4C)C3=N)[nH]n2)cc1. The van der Waals surface area contributed by atoms with E-state index in [0.717, 1.165) is 22.3 Å². The number of rotatable bonds is 5. The number of aromatic nitrogens is 4. The second-order valence-corrected chi connectivity index (χ2v) is 7.58. The highest BCUT2D eigenvalue weighted by Gasteiger charge is 2.33. The molecule has 1 amide bonds. The van der Waals surface area contributed by atoms with Crippen molar-refractivity contribution in [1.82, 2.24) is 30.2 Å². The van der Waals surface area contributed by atoms with Crippen molar-refractivity contribution >= 4 is 28.3 Å². The van der Waals surface area contributed by atoms with Crippen LogP contribution in [0.1, 0.15) is 16.3 Å². The van der Waals surface area contributed by atoms with Gasteiger partial charge in [0.1, 0.15) is 28.6 Å². The molecular weight excluding hydrogens is 422 g/mol. The van der Waals surface area contributed by atoms with Crippen molar-refractivity contribution in [2.45, 2.75) is 0 Å². The molecule has 0 atom stereocenters. The average molecular weight is 443 g/mol. The molecule has 10 nitrogen and oxygen atoms in total. The molecule has 0 saturated heterocycles. The number of aliphatic hydroxyl groups excluding tert-OH is 1. The minimum Gasteiger partial charge on any atom is -0.509 e. The van der Waals surface area contributed by atoms with E-state index in [4.69, 9.17) is 10.1 Å². The minimum atomic E-state index is -0.480. The number of hydrazine groups is 1. The topological polar surface area (TPSA) is 132 Å². The number of carbonyl (C=O) groups excluding carboxylic acids is 1. The van der Waals surface area contributed by atoms with Crippen molar-refractivity contribution < 1.29 is 14.6 Å². The molecule has 0 radical (unpaired) electrons. The molecule has 0 unspecified atom stereocenters. The number of benzene rings is 2. The highest BCUT2D eigenvalue weighted by molar-refractivity contribution is 6.23. The molecule has 33 heavy (non-hydrogen) atoms. The smallest absolute Gasteiger partial charge is 0.287 e. The Hall–Kier alpha value is -4.60. The predicted molar refractivity (Wildman–Crippen MR) is 123 cm³/mol. The summed E-state index contributed by atoms with van der Waals surface area (Å²) in [6.45, 7) is -0.0391. The van der Waals surface area contributed by atoms with Gasteiger partial charge in [-0.2, -0.15) is 5.10 Å². The zero-order chi connectivity index (χ0) is 23.1. The molecule has 0 bridgehead atoms. The van der Waals surface area contributed by atoms with E-state index in [1.807, 2.05) is 60.1 Å². The fourth-order valence-corrected chi connectivity index (χ4v) is 3.81. The van der Waals surface area contributed by atoms with Crippen LogP contribution in [0.15, 0.2) is 60.4 Å². The number of imidazole rings is 1. The van der Waals surface area contributed by atoms with Gasteiger partial charge in [0.25, 0.3) is 5.91 Å². The number of amidine groups is 1. The molecule has 5 rings (SSSR count). The average Bonchev–Trinajstić information content (AvgIpc) is 3.51. The molecule has 1 aliphatic heterocycles. The third-order valence-corrected chi connectivity index (χ3v) is 5.56. The van der Waals surface area contributed by atoms with E-state index in [1.165, 1.54) is 5.01 Å². The molecular formula is C23H21N7O3. The zero-order valence-electron chi connectivity index (χ0n) is 18.0. The van der Waals surface area contributed by atoms with Crippen LogP contribution in [0.2, 0.25) is 0 Å². The third-order valence-electron chi connectivity index (χ3n) is 5.56. The molecule has 0 aliphatic carbocycles. The lowest BCUT2D eigenvalue weighted by molar-refractivity contribution is 0.0869. The monoisotopic (exact) mass is 443 g/mol. The lowest BCUT2D eigenvalue weighted by atomic mass is 10.1. The number of hydrogen-bond donors (Lipinski definition) is 4. The van der Waals surface area contributed by atoms with Crippen LogP contribution in [-0.4, -0.2) is 55.3 Å². The second kappa shape index (κ2) is 7.83. The molecule has 10 heteroatoms. The zero-order valence-corrected chi connectivity index (χ0v) is 18.0. The first-order valence-electron chi connectivity index (χ1n) is 10.2.